The Kier molecular flexibility index (Phi) is 3.91. The quantitative estimate of drug-likeness (QED) is 0.774. The summed E-state index contributed by atoms with van der Waals surface area (Å²) in [4.78, 5) is 0. The normalized spacial score (nSPS) is 38.8. The number of rotatable bonds is 3. The molecule has 0 saturated heterocycles. The van der Waals surface area contributed by atoms with Crippen molar-refractivity contribution in [1.29, 1.82) is 0 Å². The highest BCUT2D eigenvalue weighted by atomic mass is 16.3. The third-order valence-electron chi connectivity index (χ3n) is 4.82. The van der Waals surface area contributed by atoms with Gasteiger partial charge >= 0.3 is 0 Å². The van der Waals surface area contributed by atoms with E-state index in [1.54, 1.807) is 0 Å². The first-order chi connectivity index (χ1) is 7.63. The van der Waals surface area contributed by atoms with Gasteiger partial charge in [-0.1, -0.05) is 33.1 Å². The van der Waals surface area contributed by atoms with E-state index in [2.05, 4.69) is 19.2 Å². The maximum absolute atomic E-state index is 9.43. The minimum Gasteiger partial charge on any atom is -0.396 e. The average molecular weight is 225 g/mol. The third kappa shape index (κ3) is 2.60. The molecule has 2 N–H and O–H groups in total. The molecule has 2 rings (SSSR count). The lowest BCUT2D eigenvalue weighted by Gasteiger charge is -2.37. The van der Waals surface area contributed by atoms with Crippen molar-refractivity contribution in [3.63, 3.8) is 0 Å². The molecule has 0 aromatic rings. The Morgan fingerprint density at radius 3 is 2.50 bits per heavy atom. The molecule has 3 atom stereocenters. The summed E-state index contributed by atoms with van der Waals surface area (Å²) in [6.07, 6.45) is 9.14. The highest BCUT2D eigenvalue weighted by molar-refractivity contribution is 4.94. The van der Waals surface area contributed by atoms with Crippen molar-refractivity contribution in [3.05, 3.63) is 0 Å². The van der Waals surface area contributed by atoms with Gasteiger partial charge in [-0.15, -0.1) is 0 Å². The highest BCUT2D eigenvalue weighted by Gasteiger charge is 2.37. The van der Waals surface area contributed by atoms with E-state index in [4.69, 9.17) is 0 Å². The number of hydrogen-bond donors (Lipinski definition) is 2. The van der Waals surface area contributed by atoms with Crippen molar-refractivity contribution in [2.45, 2.75) is 70.9 Å². The molecule has 2 nitrogen and oxygen atoms in total. The monoisotopic (exact) mass is 225 g/mol. The molecule has 0 spiro atoms. The summed E-state index contributed by atoms with van der Waals surface area (Å²) < 4.78 is 0. The van der Waals surface area contributed by atoms with Crippen LogP contribution in [0.1, 0.15) is 58.8 Å². The summed E-state index contributed by atoms with van der Waals surface area (Å²) in [5, 5.41) is 13.3. The van der Waals surface area contributed by atoms with Gasteiger partial charge in [0, 0.05) is 18.7 Å². The summed E-state index contributed by atoms with van der Waals surface area (Å²) in [5.74, 6) is 0.505. The van der Waals surface area contributed by atoms with Gasteiger partial charge in [0.1, 0.15) is 0 Å². The topological polar surface area (TPSA) is 32.3 Å². The molecule has 0 radical (unpaired) electrons. The van der Waals surface area contributed by atoms with E-state index in [0.29, 0.717) is 30.0 Å². The van der Waals surface area contributed by atoms with Gasteiger partial charge in [-0.25, -0.2) is 0 Å². The van der Waals surface area contributed by atoms with E-state index in [1.165, 1.54) is 44.9 Å². The maximum Gasteiger partial charge on any atom is 0.0474 e. The first-order valence-electron chi connectivity index (χ1n) is 7.00. The Morgan fingerprint density at radius 1 is 1.12 bits per heavy atom. The molecule has 0 heterocycles. The van der Waals surface area contributed by atoms with Crippen molar-refractivity contribution in [3.8, 4) is 0 Å². The molecule has 0 amide bonds. The molecule has 0 aliphatic heterocycles. The molecule has 2 saturated carbocycles. The van der Waals surface area contributed by atoms with Crippen molar-refractivity contribution < 1.29 is 5.11 Å². The van der Waals surface area contributed by atoms with Crippen LogP contribution in [0.15, 0.2) is 0 Å². The van der Waals surface area contributed by atoms with Gasteiger partial charge in [0.15, 0.2) is 0 Å². The molecule has 2 heteroatoms. The molecule has 94 valence electrons. The highest BCUT2D eigenvalue weighted by Crippen LogP contribution is 2.38. The van der Waals surface area contributed by atoms with E-state index in [-0.39, 0.29) is 0 Å². The lowest BCUT2D eigenvalue weighted by atomic mass is 9.82. The van der Waals surface area contributed by atoms with Crippen molar-refractivity contribution in [1.82, 2.24) is 5.32 Å². The zero-order valence-corrected chi connectivity index (χ0v) is 10.8. The summed E-state index contributed by atoms with van der Waals surface area (Å²) >= 11 is 0. The van der Waals surface area contributed by atoms with Crippen LogP contribution in [-0.2, 0) is 0 Å². The van der Waals surface area contributed by atoms with Gasteiger partial charge in [0.2, 0.25) is 0 Å². The van der Waals surface area contributed by atoms with E-state index in [0.717, 1.165) is 0 Å². The second kappa shape index (κ2) is 5.05. The lowest BCUT2D eigenvalue weighted by molar-refractivity contribution is 0.131. The van der Waals surface area contributed by atoms with Gasteiger partial charge in [-0.2, -0.15) is 0 Å². The largest absolute Gasteiger partial charge is 0.396 e. The summed E-state index contributed by atoms with van der Waals surface area (Å²) in [7, 11) is 0. The summed E-state index contributed by atoms with van der Waals surface area (Å²) in [6, 6.07) is 1.24. The molecule has 0 bridgehead atoms. The molecule has 2 aliphatic carbocycles. The van der Waals surface area contributed by atoms with Crippen LogP contribution in [0, 0.1) is 11.3 Å². The molecule has 16 heavy (non-hydrogen) atoms. The molecular formula is C14H27NO. The molecule has 2 aliphatic rings. The minimum absolute atomic E-state index is 0.366. The van der Waals surface area contributed by atoms with Gasteiger partial charge in [0.05, 0.1) is 0 Å². The Hall–Kier alpha value is -0.0800. The number of hydrogen-bond acceptors (Lipinski definition) is 2. The fraction of sp³-hybridized carbons (Fsp3) is 1.00. The summed E-state index contributed by atoms with van der Waals surface area (Å²) in [5.41, 5.74) is 0.456. The third-order valence-corrected chi connectivity index (χ3v) is 4.82. The van der Waals surface area contributed by atoms with E-state index < -0.39 is 0 Å². The first kappa shape index (κ1) is 12.4. The van der Waals surface area contributed by atoms with Gasteiger partial charge in [0.25, 0.3) is 0 Å². The minimum atomic E-state index is 0.366. The number of aliphatic hydroxyl groups excluding tert-OH is 1. The van der Waals surface area contributed by atoms with Crippen LogP contribution >= 0.6 is 0 Å². The fourth-order valence-corrected chi connectivity index (χ4v) is 3.54. The van der Waals surface area contributed by atoms with Crippen LogP contribution in [0.25, 0.3) is 0 Å². The number of aliphatic hydroxyl groups is 1. The predicted molar refractivity (Wildman–Crippen MR) is 67.4 cm³/mol. The molecule has 0 aromatic carbocycles. The fourth-order valence-electron chi connectivity index (χ4n) is 3.54. The van der Waals surface area contributed by atoms with Crippen LogP contribution in [0.5, 0.6) is 0 Å². The SMILES string of the molecule is CC1(C)CCCC1NC1CCCCC1CO. The standard InChI is InChI=1S/C14H27NO/c1-14(2)9-5-8-13(14)15-12-7-4-3-6-11(12)10-16/h11-13,15-16H,3-10H2,1-2H3. The predicted octanol–water partition coefficient (Wildman–Crippen LogP) is 2.71. The summed E-state index contributed by atoms with van der Waals surface area (Å²) in [6.45, 7) is 5.13. The smallest absolute Gasteiger partial charge is 0.0474 e. The second-order valence-corrected chi connectivity index (χ2v) is 6.43. The van der Waals surface area contributed by atoms with Crippen molar-refractivity contribution >= 4 is 0 Å². The van der Waals surface area contributed by atoms with Crippen LogP contribution in [-0.4, -0.2) is 23.8 Å². The van der Waals surface area contributed by atoms with Gasteiger partial charge < -0.3 is 10.4 Å². The first-order valence-corrected chi connectivity index (χ1v) is 7.00. The van der Waals surface area contributed by atoms with E-state index in [1.807, 2.05) is 0 Å². The van der Waals surface area contributed by atoms with Crippen LogP contribution < -0.4 is 5.32 Å². The number of nitrogens with one attached hydrogen (secondary N) is 1. The van der Waals surface area contributed by atoms with Crippen LogP contribution in [0.4, 0.5) is 0 Å². The van der Waals surface area contributed by atoms with Crippen LogP contribution in [0.3, 0.4) is 0 Å². The Labute approximate surface area is 99.8 Å². The Bertz CT molecular complexity index is 227. The van der Waals surface area contributed by atoms with E-state index >= 15 is 0 Å². The second-order valence-electron chi connectivity index (χ2n) is 6.43. The van der Waals surface area contributed by atoms with Crippen molar-refractivity contribution in [2.75, 3.05) is 6.61 Å². The molecular weight excluding hydrogens is 198 g/mol. The zero-order chi connectivity index (χ0) is 11.6. The van der Waals surface area contributed by atoms with Crippen molar-refractivity contribution in [2.24, 2.45) is 11.3 Å². The Balaban J connectivity index is 1.92. The average Bonchev–Trinajstić information content (AvgIpc) is 2.59. The van der Waals surface area contributed by atoms with Gasteiger partial charge in [-0.05, 0) is 37.0 Å². The maximum atomic E-state index is 9.43. The van der Waals surface area contributed by atoms with E-state index in [9.17, 15) is 5.11 Å². The van der Waals surface area contributed by atoms with Gasteiger partial charge in [-0.3, -0.25) is 0 Å². The molecule has 3 unspecified atom stereocenters. The van der Waals surface area contributed by atoms with Crippen LogP contribution in [0.2, 0.25) is 0 Å². The lowest BCUT2D eigenvalue weighted by Crippen LogP contribution is -2.49. The Morgan fingerprint density at radius 2 is 1.88 bits per heavy atom. The zero-order valence-electron chi connectivity index (χ0n) is 10.8. The molecule has 2 fully saturated rings. The molecule has 0 aromatic heterocycles.